The molecule has 0 aliphatic heterocycles. The largest absolute Gasteiger partial charge is 0.228 e. The van der Waals surface area contributed by atoms with Gasteiger partial charge in [0.2, 0.25) is 0 Å². The predicted molar refractivity (Wildman–Crippen MR) is 92.7 cm³/mol. The van der Waals surface area contributed by atoms with Gasteiger partial charge in [-0.25, -0.2) is 8.42 Å². The summed E-state index contributed by atoms with van der Waals surface area (Å²) in [5.41, 5.74) is 2.78. The van der Waals surface area contributed by atoms with E-state index >= 15 is 0 Å². The van der Waals surface area contributed by atoms with E-state index in [1.54, 1.807) is 6.92 Å². The molecule has 0 amide bonds. The Morgan fingerprint density at radius 1 is 0.955 bits per heavy atom. The monoisotopic (exact) mass is 314 g/mol. The van der Waals surface area contributed by atoms with Crippen molar-refractivity contribution in [1.82, 2.24) is 0 Å². The van der Waals surface area contributed by atoms with Crippen LogP contribution in [0.15, 0.2) is 72.8 Å². The molecule has 0 aliphatic carbocycles. The van der Waals surface area contributed by atoms with Crippen molar-refractivity contribution >= 4 is 9.84 Å². The number of hydrogen-bond donors (Lipinski definition) is 0. The molecule has 0 spiro atoms. The van der Waals surface area contributed by atoms with E-state index in [9.17, 15) is 8.42 Å². The van der Waals surface area contributed by atoms with Crippen LogP contribution in [0.4, 0.5) is 0 Å². The van der Waals surface area contributed by atoms with E-state index in [0.717, 1.165) is 11.1 Å². The van der Waals surface area contributed by atoms with Gasteiger partial charge in [-0.05, 0) is 30.9 Å². The second-order valence-corrected chi connectivity index (χ2v) is 7.93. The highest BCUT2D eigenvalue weighted by atomic mass is 32.2. The summed E-state index contributed by atoms with van der Waals surface area (Å²) in [5.74, 6) is 0.154. The van der Waals surface area contributed by atoms with Gasteiger partial charge < -0.3 is 0 Å². The molecule has 0 bridgehead atoms. The van der Waals surface area contributed by atoms with Gasteiger partial charge in [0.1, 0.15) is 0 Å². The number of aryl methyl sites for hydroxylation is 1. The third-order valence-electron chi connectivity index (χ3n) is 3.77. The highest BCUT2D eigenvalue weighted by molar-refractivity contribution is 7.92. The normalized spacial score (nSPS) is 12.8. The lowest BCUT2D eigenvalue weighted by Gasteiger charge is -2.18. The Bertz CT molecular complexity index is 704. The van der Waals surface area contributed by atoms with Crippen LogP contribution in [0.5, 0.6) is 0 Å². The maximum atomic E-state index is 12.7. The molecule has 2 aromatic rings. The molecule has 2 nitrogen and oxygen atoms in total. The zero-order chi connectivity index (χ0) is 16.0. The Morgan fingerprint density at radius 3 is 1.95 bits per heavy atom. The molecule has 116 valence electrons. The van der Waals surface area contributed by atoms with Gasteiger partial charge in [0.15, 0.2) is 9.84 Å². The summed E-state index contributed by atoms with van der Waals surface area (Å²) < 4.78 is 25.4. The summed E-state index contributed by atoms with van der Waals surface area (Å²) in [6, 6.07) is 19.4. The zero-order valence-electron chi connectivity index (χ0n) is 12.9. The van der Waals surface area contributed by atoms with Crippen molar-refractivity contribution in [2.45, 2.75) is 25.0 Å². The van der Waals surface area contributed by atoms with Gasteiger partial charge in [-0.15, -0.1) is 0 Å². The molecule has 0 saturated carbocycles. The Morgan fingerprint density at radius 2 is 1.45 bits per heavy atom. The molecule has 2 aromatic carbocycles. The fourth-order valence-electron chi connectivity index (χ4n) is 2.48. The van der Waals surface area contributed by atoms with Crippen molar-refractivity contribution in [2.75, 3.05) is 5.75 Å². The fraction of sp³-hybridized carbons (Fsp3) is 0.263. The summed E-state index contributed by atoms with van der Waals surface area (Å²) in [6.45, 7) is 5.69. The van der Waals surface area contributed by atoms with Crippen LogP contribution in [0.2, 0.25) is 0 Å². The number of rotatable bonds is 7. The van der Waals surface area contributed by atoms with Crippen LogP contribution in [-0.4, -0.2) is 19.4 Å². The first-order valence-electron chi connectivity index (χ1n) is 7.44. The van der Waals surface area contributed by atoms with E-state index in [-0.39, 0.29) is 5.75 Å². The van der Waals surface area contributed by atoms with Gasteiger partial charge in [0.25, 0.3) is 0 Å². The van der Waals surface area contributed by atoms with Gasteiger partial charge in [-0.3, -0.25) is 0 Å². The van der Waals surface area contributed by atoms with Crippen molar-refractivity contribution < 1.29 is 8.42 Å². The number of sulfone groups is 1. The molecule has 1 atom stereocenters. The van der Waals surface area contributed by atoms with Crippen LogP contribution in [0.3, 0.4) is 0 Å². The first-order chi connectivity index (χ1) is 10.5. The van der Waals surface area contributed by atoms with Crippen LogP contribution in [0.1, 0.15) is 18.1 Å². The third kappa shape index (κ3) is 4.57. The van der Waals surface area contributed by atoms with Gasteiger partial charge in [0.05, 0.1) is 11.0 Å². The summed E-state index contributed by atoms with van der Waals surface area (Å²) in [4.78, 5) is 0. The summed E-state index contributed by atoms with van der Waals surface area (Å²) in [7, 11) is -3.22. The standard InChI is InChI=1S/C19H22O2S/c1-16(2)19(15-18-11-7-4-8-12-18)22(20,21)14-13-17-9-5-3-6-10-17/h3-12,19H,1,13-15H2,2H3. The molecule has 22 heavy (non-hydrogen) atoms. The molecule has 0 saturated heterocycles. The lowest BCUT2D eigenvalue weighted by atomic mass is 10.1. The summed E-state index contributed by atoms with van der Waals surface area (Å²) in [5, 5.41) is -0.515. The van der Waals surface area contributed by atoms with Gasteiger partial charge >= 0.3 is 0 Å². The molecule has 3 heteroatoms. The van der Waals surface area contributed by atoms with E-state index < -0.39 is 15.1 Å². The lowest BCUT2D eigenvalue weighted by molar-refractivity contribution is 0.584. The molecule has 0 radical (unpaired) electrons. The number of benzene rings is 2. The van der Waals surface area contributed by atoms with Crippen molar-refractivity contribution in [3.8, 4) is 0 Å². The second kappa shape index (κ2) is 7.41. The van der Waals surface area contributed by atoms with Gasteiger partial charge in [-0.2, -0.15) is 0 Å². The molecule has 2 rings (SSSR count). The maximum Gasteiger partial charge on any atom is 0.157 e. The SMILES string of the molecule is C=C(C)C(Cc1ccccc1)S(=O)(=O)CCc1ccccc1. The minimum atomic E-state index is -3.22. The molecule has 0 aliphatic rings. The maximum absolute atomic E-state index is 12.7. The van der Waals surface area contributed by atoms with E-state index in [2.05, 4.69) is 6.58 Å². The van der Waals surface area contributed by atoms with Crippen LogP contribution < -0.4 is 0 Å². The molecule has 0 N–H and O–H groups in total. The minimum absolute atomic E-state index is 0.154. The molecule has 0 heterocycles. The average molecular weight is 314 g/mol. The van der Waals surface area contributed by atoms with Crippen LogP contribution in [-0.2, 0) is 22.7 Å². The van der Waals surface area contributed by atoms with Crippen molar-refractivity contribution in [1.29, 1.82) is 0 Å². The molecular weight excluding hydrogens is 292 g/mol. The number of hydrogen-bond acceptors (Lipinski definition) is 2. The predicted octanol–water partition coefficient (Wildman–Crippen LogP) is 3.83. The van der Waals surface area contributed by atoms with Crippen LogP contribution in [0, 0.1) is 0 Å². The Kier molecular flexibility index (Phi) is 5.56. The molecule has 0 fully saturated rings. The molecule has 1 unspecified atom stereocenters. The zero-order valence-corrected chi connectivity index (χ0v) is 13.7. The fourth-order valence-corrected chi connectivity index (χ4v) is 4.35. The topological polar surface area (TPSA) is 34.1 Å². The van der Waals surface area contributed by atoms with E-state index in [1.165, 1.54) is 0 Å². The van der Waals surface area contributed by atoms with Crippen molar-refractivity contribution in [3.63, 3.8) is 0 Å². The van der Waals surface area contributed by atoms with Crippen molar-refractivity contribution in [2.24, 2.45) is 0 Å². The lowest BCUT2D eigenvalue weighted by Crippen LogP contribution is -2.28. The minimum Gasteiger partial charge on any atom is -0.228 e. The van der Waals surface area contributed by atoms with E-state index in [1.807, 2.05) is 60.7 Å². The molecular formula is C19H22O2S. The quantitative estimate of drug-likeness (QED) is 0.728. The highest BCUT2D eigenvalue weighted by Crippen LogP contribution is 2.18. The Balaban J connectivity index is 2.11. The van der Waals surface area contributed by atoms with E-state index in [4.69, 9.17) is 0 Å². The van der Waals surface area contributed by atoms with Crippen molar-refractivity contribution in [3.05, 3.63) is 83.9 Å². The second-order valence-electron chi connectivity index (χ2n) is 5.63. The smallest absolute Gasteiger partial charge is 0.157 e. The van der Waals surface area contributed by atoms with Gasteiger partial charge in [-0.1, -0.05) is 72.8 Å². The Labute approximate surface area is 133 Å². The molecule has 0 aromatic heterocycles. The summed E-state index contributed by atoms with van der Waals surface area (Å²) in [6.07, 6.45) is 1.04. The average Bonchev–Trinajstić information content (AvgIpc) is 2.52. The Hall–Kier alpha value is -1.87. The first kappa shape index (κ1) is 16.5. The first-order valence-corrected chi connectivity index (χ1v) is 9.15. The van der Waals surface area contributed by atoms with Crippen LogP contribution >= 0.6 is 0 Å². The van der Waals surface area contributed by atoms with Gasteiger partial charge in [0, 0.05) is 0 Å². The highest BCUT2D eigenvalue weighted by Gasteiger charge is 2.26. The summed E-state index contributed by atoms with van der Waals surface area (Å²) >= 11 is 0. The van der Waals surface area contributed by atoms with E-state index in [0.29, 0.717) is 18.4 Å². The van der Waals surface area contributed by atoms with Crippen LogP contribution in [0.25, 0.3) is 0 Å². The third-order valence-corrected chi connectivity index (χ3v) is 5.97.